The molecule has 63 heavy (non-hydrogen) atoms. The van der Waals surface area contributed by atoms with Crippen molar-refractivity contribution in [1.82, 2.24) is 14.2 Å². The summed E-state index contributed by atoms with van der Waals surface area (Å²) in [6, 6.07) is 35.0. The van der Waals surface area contributed by atoms with Crippen molar-refractivity contribution in [2.75, 3.05) is 78.1 Å². The summed E-state index contributed by atoms with van der Waals surface area (Å²) in [6.45, 7) is 3.82. The van der Waals surface area contributed by atoms with Crippen LogP contribution in [-0.4, -0.2) is 104 Å². The second-order valence-electron chi connectivity index (χ2n) is 15.1. The van der Waals surface area contributed by atoms with E-state index in [0.717, 1.165) is 42.6 Å². The minimum atomic E-state index is -1.50. The Morgan fingerprint density at radius 2 is 1.46 bits per heavy atom. The molecular weight excluding hydrogens is 860 g/mol. The van der Waals surface area contributed by atoms with Crippen molar-refractivity contribution in [3.63, 3.8) is 0 Å². The maximum atomic E-state index is 14.0. The number of ether oxygens (including phenoxy) is 6. The summed E-state index contributed by atoms with van der Waals surface area (Å²) in [5, 5.41) is 0.0239. The van der Waals surface area contributed by atoms with Gasteiger partial charge in [-0.15, -0.1) is 0 Å². The fourth-order valence-electron chi connectivity index (χ4n) is 7.83. The Morgan fingerprint density at radius 1 is 0.857 bits per heavy atom. The first-order chi connectivity index (χ1) is 30.7. The molecule has 7 rings (SSSR count). The van der Waals surface area contributed by atoms with Gasteiger partial charge >= 0.3 is 5.69 Å². The summed E-state index contributed by atoms with van der Waals surface area (Å²) in [4.78, 5) is 31.3. The highest BCUT2D eigenvalue weighted by Crippen LogP contribution is 2.59. The molecule has 5 aromatic rings. The average Bonchev–Trinajstić information content (AvgIpc) is 3.99. The predicted octanol–water partition coefficient (Wildman–Crippen LogP) is 7.89. The molecule has 2 saturated heterocycles. The van der Waals surface area contributed by atoms with E-state index in [1.807, 2.05) is 109 Å². The van der Waals surface area contributed by atoms with E-state index in [1.165, 1.54) is 16.3 Å². The van der Waals surface area contributed by atoms with E-state index in [-0.39, 0.29) is 37.4 Å². The first-order valence-electron chi connectivity index (χ1n) is 20.9. The number of anilines is 1. The third-order valence-corrected chi connectivity index (χ3v) is 16.4. The molecule has 2 aliphatic heterocycles. The van der Waals surface area contributed by atoms with Crippen molar-refractivity contribution >= 4 is 41.6 Å². The minimum absolute atomic E-state index is 0.0123. The summed E-state index contributed by atoms with van der Waals surface area (Å²) < 4.78 is 48.8. The van der Waals surface area contributed by atoms with E-state index in [4.69, 9.17) is 38.7 Å². The van der Waals surface area contributed by atoms with Gasteiger partial charge in [0.2, 0.25) is 10.8 Å². The van der Waals surface area contributed by atoms with Gasteiger partial charge in [-0.05, 0) is 60.7 Å². The van der Waals surface area contributed by atoms with Crippen molar-refractivity contribution in [1.29, 1.82) is 0 Å². The maximum absolute atomic E-state index is 14.0. The van der Waals surface area contributed by atoms with Crippen molar-refractivity contribution in [3.05, 3.63) is 154 Å². The zero-order valence-corrected chi connectivity index (χ0v) is 38.6. The summed E-state index contributed by atoms with van der Waals surface area (Å²) >= 11 is 2.97. The Bertz CT molecular complexity index is 2240. The van der Waals surface area contributed by atoms with Gasteiger partial charge in [-0.25, -0.2) is 4.79 Å². The van der Waals surface area contributed by atoms with Crippen LogP contribution in [0.5, 0.6) is 11.5 Å². The normalized spacial score (nSPS) is 19.6. The van der Waals surface area contributed by atoms with Crippen LogP contribution in [0, 0.1) is 6.92 Å². The highest BCUT2D eigenvalue weighted by molar-refractivity contribution is 8.53. The lowest BCUT2D eigenvalue weighted by Crippen LogP contribution is -2.55. The van der Waals surface area contributed by atoms with Crippen LogP contribution in [0.25, 0.3) is 0 Å². The molecule has 2 fully saturated rings. The van der Waals surface area contributed by atoms with Gasteiger partial charge in [0.1, 0.15) is 35.1 Å². The van der Waals surface area contributed by atoms with E-state index >= 15 is 0 Å². The van der Waals surface area contributed by atoms with Crippen LogP contribution in [0.15, 0.2) is 120 Å². The standard InChI is InChI=1S/C47H55N4O9PS2/c1-34-31-51(45(53)49-43(34)48)46(58-28-27-54-2)33-57-41(42(46)60-61(50-25-11-12-26-50)63-30-29-62-44(52)35-13-7-5-8-14-35)32-59-47(36-15-9-6-10-16-36,37-17-21-39(55-3)22-18-37)38-19-23-40(56-4)24-20-38/h5-10,13-24,31,41-42H,11-12,25-30,32-33H2,1-4H3,(H2,48,49,53)/t41-,42?,46+,61?/m1/s1. The second kappa shape index (κ2) is 22.1. The number of benzene rings is 4. The fraction of sp³-hybridized carbons (Fsp3) is 0.383. The van der Waals surface area contributed by atoms with Crippen LogP contribution in [-0.2, 0) is 34.8 Å². The van der Waals surface area contributed by atoms with Crippen LogP contribution in [0.3, 0.4) is 0 Å². The van der Waals surface area contributed by atoms with Crippen molar-refractivity contribution in [3.8, 4) is 11.5 Å². The number of thioether (sulfide) groups is 1. The molecule has 0 amide bonds. The van der Waals surface area contributed by atoms with Gasteiger partial charge in [-0.2, -0.15) is 4.98 Å². The quantitative estimate of drug-likeness (QED) is 0.0433. The molecule has 2 N–H and O–H groups in total. The Balaban J connectivity index is 1.29. The van der Waals surface area contributed by atoms with Gasteiger partial charge in [0.15, 0.2) is 7.50 Å². The predicted molar refractivity (Wildman–Crippen MR) is 250 cm³/mol. The van der Waals surface area contributed by atoms with Gasteiger partial charge < -0.3 is 38.7 Å². The average molecular weight is 915 g/mol. The van der Waals surface area contributed by atoms with Crippen LogP contribution < -0.4 is 20.9 Å². The molecule has 1 aromatic heterocycles. The Kier molecular flexibility index (Phi) is 16.4. The van der Waals surface area contributed by atoms with E-state index in [0.29, 0.717) is 34.1 Å². The lowest BCUT2D eigenvalue weighted by molar-refractivity contribution is -0.162. The van der Waals surface area contributed by atoms with Gasteiger partial charge in [0.25, 0.3) is 0 Å². The van der Waals surface area contributed by atoms with Crippen LogP contribution >= 0.6 is 30.6 Å². The number of nitrogens with two attached hydrogens (primary N) is 1. The molecule has 0 bridgehead atoms. The number of carbonyl (C=O) groups is 1. The number of aryl methyl sites for hydroxylation is 1. The molecule has 334 valence electrons. The summed E-state index contributed by atoms with van der Waals surface area (Å²) in [5.41, 5.74) is 6.78. The molecule has 13 nitrogen and oxygen atoms in total. The van der Waals surface area contributed by atoms with E-state index < -0.39 is 36.7 Å². The monoisotopic (exact) mass is 914 g/mol. The molecule has 2 unspecified atom stereocenters. The van der Waals surface area contributed by atoms with Crippen LogP contribution in [0.4, 0.5) is 5.82 Å². The highest BCUT2D eigenvalue weighted by atomic mass is 32.7. The molecular formula is C47H55N4O9PS2. The van der Waals surface area contributed by atoms with Gasteiger partial charge in [0.05, 0.1) is 40.6 Å². The SMILES string of the molecule is COCCO[C@@]1(n2cc(C)c(N)nc2=O)CO[C@H](COC(c2ccccc2)(c2ccc(OC)cc2)c2ccc(OC)cc2)C1OP(SCCSC(=O)c1ccccc1)N1CCCC1. The number of carbonyl (C=O) groups excluding carboxylic acids is 1. The number of hydrogen-bond acceptors (Lipinski definition) is 14. The Hall–Kier alpha value is -4.28. The highest BCUT2D eigenvalue weighted by Gasteiger charge is 2.57. The molecule has 0 aliphatic carbocycles. The van der Waals surface area contributed by atoms with Gasteiger partial charge in [0, 0.05) is 49.0 Å². The fourth-order valence-corrected chi connectivity index (χ4v) is 13.2. The van der Waals surface area contributed by atoms with E-state index in [2.05, 4.69) is 9.65 Å². The van der Waals surface area contributed by atoms with Crippen LogP contribution in [0.2, 0.25) is 0 Å². The van der Waals surface area contributed by atoms with Crippen molar-refractivity contribution in [2.45, 2.75) is 43.3 Å². The maximum Gasteiger partial charge on any atom is 0.352 e. The first kappa shape index (κ1) is 46.7. The lowest BCUT2D eigenvalue weighted by Gasteiger charge is -2.40. The Morgan fingerprint density at radius 3 is 2.06 bits per heavy atom. The van der Waals surface area contributed by atoms with Gasteiger partial charge in [-0.3, -0.25) is 14.0 Å². The number of methoxy groups -OCH3 is 3. The number of aromatic nitrogens is 2. The number of hydrogen-bond donors (Lipinski definition) is 1. The van der Waals surface area contributed by atoms with E-state index in [1.54, 1.807) is 45.8 Å². The molecule has 16 heteroatoms. The molecule has 3 heterocycles. The number of rotatable bonds is 21. The molecule has 0 radical (unpaired) electrons. The second-order valence-corrected chi connectivity index (χ2v) is 19.8. The van der Waals surface area contributed by atoms with Crippen molar-refractivity contribution in [2.24, 2.45) is 0 Å². The molecule has 0 spiro atoms. The first-order valence-corrected chi connectivity index (χ1v) is 24.7. The zero-order valence-electron chi connectivity index (χ0n) is 36.1. The largest absolute Gasteiger partial charge is 0.497 e. The topological polar surface area (TPSA) is 146 Å². The number of nitrogens with zero attached hydrogens (tertiary/aromatic N) is 3. The lowest BCUT2D eigenvalue weighted by atomic mass is 9.80. The summed E-state index contributed by atoms with van der Waals surface area (Å²) in [6.07, 6.45) is 2.06. The van der Waals surface area contributed by atoms with E-state index in [9.17, 15) is 9.59 Å². The molecule has 0 saturated carbocycles. The van der Waals surface area contributed by atoms with Crippen LogP contribution in [0.1, 0.15) is 45.5 Å². The summed E-state index contributed by atoms with van der Waals surface area (Å²) in [5.74, 6) is 2.76. The zero-order chi connectivity index (χ0) is 44.2. The van der Waals surface area contributed by atoms with Gasteiger partial charge in [-0.1, -0.05) is 108 Å². The third kappa shape index (κ3) is 10.6. The summed E-state index contributed by atoms with van der Waals surface area (Å²) in [7, 11) is 3.51. The molecule has 2 aliphatic rings. The molecule has 4 aromatic carbocycles. The molecule has 4 atom stereocenters. The third-order valence-electron chi connectivity index (χ3n) is 11.2. The number of nitrogen functional groups attached to an aromatic ring is 1. The van der Waals surface area contributed by atoms with Crippen molar-refractivity contribution < 1.29 is 37.7 Å². The Labute approximate surface area is 378 Å². The minimum Gasteiger partial charge on any atom is -0.497 e. The smallest absolute Gasteiger partial charge is 0.352 e.